The van der Waals surface area contributed by atoms with E-state index in [2.05, 4.69) is 4.72 Å². The number of halogens is 1. The monoisotopic (exact) mass is 336 g/mol. The van der Waals surface area contributed by atoms with Gasteiger partial charge in [-0.2, -0.15) is 5.26 Å². The van der Waals surface area contributed by atoms with Crippen molar-refractivity contribution in [1.82, 2.24) is 0 Å². The maximum Gasteiger partial charge on any atom is 0.261 e. The number of hydrogen-bond acceptors (Lipinski definition) is 4. The zero-order valence-corrected chi connectivity index (χ0v) is 13.5. The zero-order valence-electron chi connectivity index (χ0n) is 11.9. The second kappa shape index (κ2) is 6.26. The molecule has 22 heavy (non-hydrogen) atoms. The average Bonchev–Trinajstić information content (AvgIpc) is 2.49. The molecular formula is C15H13ClN2O3S. The summed E-state index contributed by atoms with van der Waals surface area (Å²) < 4.78 is 32.3. The molecule has 0 aliphatic heterocycles. The normalized spacial score (nSPS) is 10.8. The topological polar surface area (TPSA) is 79.2 Å². The van der Waals surface area contributed by atoms with E-state index in [0.29, 0.717) is 22.6 Å². The summed E-state index contributed by atoms with van der Waals surface area (Å²) in [5.74, 6) is 0.392. The van der Waals surface area contributed by atoms with E-state index in [1.54, 1.807) is 19.1 Å². The summed E-state index contributed by atoms with van der Waals surface area (Å²) in [4.78, 5) is 0.0139. The summed E-state index contributed by atoms with van der Waals surface area (Å²) in [7, 11) is -2.36. The lowest BCUT2D eigenvalue weighted by Crippen LogP contribution is -2.14. The minimum absolute atomic E-state index is 0.0139. The van der Waals surface area contributed by atoms with E-state index in [-0.39, 0.29) is 9.92 Å². The minimum atomic E-state index is -3.81. The lowest BCUT2D eigenvalue weighted by Gasteiger charge is -2.12. The van der Waals surface area contributed by atoms with Crippen LogP contribution in [0, 0.1) is 18.3 Å². The third kappa shape index (κ3) is 3.32. The summed E-state index contributed by atoms with van der Waals surface area (Å²) in [6.45, 7) is 1.75. The Bertz CT molecular complexity index is 858. The van der Waals surface area contributed by atoms with Crippen LogP contribution in [-0.2, 0) is 10.0 Å². The highest BCUT2D eigenvalue weighted by atomic mass is 35.5. The Hall–Kier alpha value is -2.23. The minimum Gasteiger partial charge on any atom is -0.495 e. The van der Waals surface area contributed by atoms with Crippen LogP contribution in [0.4, 0.5) is 5.69 Å². The number of ether oxygens (including phenoxy) is 1. The zero-order chi connectivity index (χ0) is 16.3. The second-order valence-electron chi connectivity index (χ2n) is 4.54. The summed E-state index contributed by atoms with van der Waals surface area (Å²) >= 11 is 5.96. The molecule has 0 bridgehead atoms. The Morgan fingerprint density at radius 2 is 1.95 bits per heavy atom. The Morgan fingerprint density at radius 1 is 1.23 bits per heavy atom. The van der Waals surface area contributed by atoms with Crippen molar-refractivity contribution < 1.29 is 13.2 Å². The maximum atomic E-state index is 12.4. The van der Waals surface area contributed by atoms with Gasteiger partial charge in [0, 0.05) is 0 Å². The van der Waals surface area contributed by atoms with Gasteiger partial charge in [0.05, 0.1) is 34.3 Å². The number of nitrogens with one attached hydrogen (secondary N) is 1. The van der Waals surface area contributed by atoms with Crippen molar-refractivity contribution in [3.63, 3.8) is 0 Å². The van der Waals surface area contributed by atoms with E-state index in [4.69, 9.17) is 21.6 Å². The standard InChI is InChI=1S/C15H13ClN2O3S/c1-10-3-4-11(9-17)7-14(10)18-22(19,20)12-5-6-15(21-2)13(16)8-12/h3-8,18H,1-2H3. The fraction of sp³-hybridized carbons (Fsp3) is 0.133. The van der Waals surface area contributed by atoms with E-state index in [9.17, 15) is 8.42 Å². The highest BCUT2D eigenvalue weighted by Crippen LogP contribution is 2.28. The molecule has 0 amide bonds. The first kappa shape index (κ1) is 16.1. The summed E-state index contributed by atoms with van der Waals surface area (Å²) in [5, 5.41) is 9.11. The number of nitrogens with zero attached hydrogens (tertiary/aromatic N) is 1. The van der Waals surface area contributed by atoms with Gasteiger partial charge in [-0.25, -0.2) is 8.42 Å². The van der Waals surface area contributed by atoms with E-state index >= 15 is 0 Å². The van der Waals surface area contributed by atoms with Gasteiger partial charge in [0.2, 0.25) is 0 Å². The summed E-state index contributed by atoms with van der Waals surface area (Å²) in [6, 6.07) is 10.9. The molecule has 0 aromatic heterocycles. The molecule has 2 aromatic rings. The predicted octanol–water partition coefficient (Wildman–Crippen LogP) is 3.33. The van der Waals surface area contributed by atoms with Crippen LogP contribution in [0.15, 0.2) is 41.3 Å². The first-order chi connectivity index (χ1) is 10.4. The van der Waals surface area contributed by atoms with Gasteiger partial charge in [0.15, 0.2) is 0 Å². The van der Waals surface area contributed by atoms with Gasteiger partial charge in [-0.15, -0.1) is 0 Å². The molecule has 0 radical (unpaired) electrons. The molecule has 2 rings (SSSR count). The number of rotatable bonds is 4. The molecule has 2 aromatic carbocycles. The van der Waals surface area contributed by atoms with Gasteiger partial charge >= 0.3 is 0 Å². The molecule has 0 aliphatic carbocycles. The van der Waals surface area contributed by atoms with Crippen LogP contribution in [0.1, 0.15) is 11.1 Å². The Labute approximate surface area is 134 Å². The number of aryl methyl sites for hydroxylation is 1. The van der Waals surface area contributed by atoms with Crippen LogP contribution < -0.4 is 9.46 Å². The molecule has 0 aliphatic rings. The maximum absolute atomic E-state index is 12.4. The van der Waals surface area contributed by atoms with Crippen LogP contribution in [0.2, 0.25) is 5.02 Å². The first-order valence-corrected chi connectivity index (χ1v) is 8.10. The number of hydrogen-bond donors (Lipinski definition) is 1. The van der Waals surface area contributed by atoms with Crippen molar-refractivity contribution in [2.75, 3.05) is 11.8 Å². The predicted molar refractivity (Wildman–Crippen MR) is 84.7 cm³/mol. The number of benzene rings is 2. The third-order valence-electron chi connectivity index (χ3n) is 3.04. The van der Waals surface area contributed by atoms with Gasteiger partial charge in [0.1, 0.15) is 5.75 Å². The molecule has 0 unspecified atom stereocenters. The van der Waals surface area contributed by atoms with Gasteiger partial charge in [0.25, 0.3) is 10.0 Å². The highest BCUT2D eigenvalue weighted by Gasteiger charge is 2.17. The SMILES string of the molecule is COc1ccc(S(=O)(=O)Nc2cc(C#N)ccc2C)cc1Cl. The van der Waals surface area contributed by atoms with E-state index < -0.39 is 10.0 Å². The fourth-order valence-electron chi connectivity index (χ4n) is 1.82. The van der Waals surface area contributed by atoms with Gasteiger partial charge in [-0.1, -0.05) is 17.7 Å². The Balaban J connectivity index is 2.40. The molecule has 7 heteroatoms. The highest BCUT2D eigenvalue weighted by molar-refractivity contribution is 7.92. The quantitative estimate of drug-likeness (QED) is 0.928. The molecule has 0 atom stereocenters. The van der Waals surface area contributed by atoms with Crippen molar-refractivity contribution in [1.29, 1.82) is 5.26 Å². The van der Waals surface area contributed by atoms with Crippen LogP contribution in [0.5, 0.6) is 5.75 Å². The number of methoxy groups -OCH3 is 1. The van der Waals surface area contributed by atoms with Crippen molar-refractivity contribution in [3.05, 3.63) is 52.5 Å². The molecule has 114 valence electrons. The molecule has 0 fully saturated rings. The van der Waals surface area contributed by atoms with E-state index in [0.717, 1.165) is 0 Å². The Morgan fingerprint density at radius 3 is 2.55 bits per heavy atom. The van der Waals surface area contributed by atoms with Crippen molar-refractivity contribution in [2.24, 2.45) is 0 Å². The van der Waals surface area contributed by atoms with Crippen molar-refractivity contribution >= 4 is 27.3 Å². The molecule has 0 heterocycles. The van der Waals surface area contributed by atoms with E-state index in [1.807, 2.05) is 6.07 Å². The molecular weight excluding hydrogens is 324 g/mol. The Kier molecular flexibility index (Phi) is 4.59. The molecule has 0 saturated heterocycles. The smallest absolute Gasteiger partial charge is 0.261 e. The van der Waals surface area contributed by atoms with E-state index in [1.165, 1.54) is 31.4 Å². The van der Waals surface area contributed by atoms with Crippen LogP contribution in [0.3, 0.4) is 0 Å². The number of anilines is 1. The van der Waals surface area contributed by atoms with Crippen molar-refractivity contribution in [3.8, 4) is 11.8 Å². The second-order valence-corrected chi connectivity index (χ2v) is 6.63. The fourth-order valence-corrected chi connectivity index (χ4v) is 3.29. The molecule has 0 saturated carbocycles. The van der Waals surface area contributed by atoms with Gasteiger partial charge in [-0.3, -0.25) is 4.72 Å². The average molecular weight is 337 g/mol. The number of sulfonamides is 1. The summed E-state index contributed by atoms with van der Waals surface area (Å²) in [6.07, 6.45) is 0. The third-order valence-corrected chi connectivity index (χ3v) is 4.70. The first-order valence-electron chi connectivity index (χ1n) is 6.24. The van der Waals surface area contributed by atoms with Gasteiger partial charge in [-0.05, 0) is 42.8 Å². The lowest BCUT2D eigenvalue weighted by molar-refractivity contribution is 0.414. The van der Waals surface area contributed by atoms with Crippen LogP contribution in [-0.4, -0.2) is 15.5 Å². The van der Waals surface area contributed by atoms with Gasteiger partial charge < -0.3 is 4.74 Å². The van der Waals surface area contributed by atoms with Crippen molar-refractivity contribution in [2.45, 2.75) is 11.8 Å². The number of nitriles is 1. The lowest BCUT2D eigenvalue weighted by atomic mass is 10.1. The van der Waals surface area contributed by atoms with Crippen LogP contribution in [0.25, 0.3) is 0 Å². The molecule has 5 nitrogen and oxygen atoms in total. The van der Waals surface area contributed by atoms with Crippen LogP contribution >= 0.6 is 11.6 Å². The molecule has 1 N–H and O–H groups in total. The largest absolute Gasteiger partial charge is 0.495 e. The summed E-state index contributed by atoms with van der Waals surface area (Å²) in [5.41, 5.74) is 1.43. The molecule has 0 spiro atoms.